The summed E-state index contributed by atoms with van der Waals surface area (Å²) >= 11 is 6.36. The molecule has 1 aromatic heterocycles. The lowest BCUT2D eigenvalue weighted by atomic mass is 9.98. The van der Waals surface area contributed by atoms with Gasteiger partial charge in [-0.25, -0.2) is 0 Å². The van der Waals surface area contributed by atoms with Gasteiger partial charge in [0.25, 0.3) is 0 Å². The molecule has 1 aliphatic rings. The predicted molar refractivity (Wildman–Crippen MR) is 82.1 cm³/mol. The Balaban J connectivity index is 1.95. The summed E-state index contributed by atoms with van der Waals surface area (Å²) in [5.41, 5.74) is 10.6. The molecule has 0 radical (unpaired) electrons. The van der Waals surface area contributed by atoms with Crippen molar-refractivity contribution in [2.45, 2.75) is 25.9 Å². The summed E-state index contributed by atoms with van der Waals surface area (Å²) in [5.74, 6) is 0. The molecule has 1 atom stereocenters. The van der Waals surface area contributed by atoms with Gasteiger partial charge in [0.2, 0.25) is 0 Å². The van der Waals surface area contributed by atoms with Crippen LogP contribution in [0, 0.1) is 6.92 Å². The molecular weight excluding hydrogens is 272 g/mol. The molecule has 0 spiro atoms. The number of rotatable bonds is 2. The van der Waals surface area contributed by atoms with E-state index in [1.807, 2.05) is 18.7 Å². The Morgan fingerprint density at radius 2 is 2.15 bits per heavy atom. The number of halogens is 1. The van der Waals surface area contributed by atoms with E-state index in [0.717, 1.165) is 35.9 Å². The van der Waals surface area contributed by atoms with Crippen molar-refractivity contribution in [2.24, 2.45) is 12.8 Å². The first kappa shape index (κ1) is 13.5. The third-order valence-corrected chi connectivity index (χ3v) is 4.36. The summed E-state index contributed by atoms with van der Waals surface area (Å²) in [5, 5.41) is 5.13. The smallest absolute Gasteiger partial charge is 0.0865 e. The molecule has 0 saturated carbocycles. The topological polar surface area (TPSA) is 47.1 Å². The van der Waals surface area contributed by atoms with Crippen LogP contribution in [0.25, 0.3) is 0 Å². The second-order valence-corrected chi connectivity index (χ2v) is 5.82. The van der Waals surface area contributed by atoms with Gasteiger partial charge in [0, 0.05) is 25.3 Å². The summed E-state index contributed by atoms with van der Waals surface area (Å²) in [6.07, 6.45) is 0.935. The van der Waals surface area contributed by atoms with E-state index in [0.29, 0.717) is 0 Å². The van der Waals surface area contributed by atoms with Crippen LogP contribution in [0.1, 0.15) is 17.0 Å². The number of hydrogen-bond acceptors (Lipinski definition) is 3. The monoisotopic (exact) mass is 290 g/mol. The number of aryl methyl sites for hydroxylation is 2. The molecule has 1 aromatic carbocycles. The Bertz CT molecular complexity index is 635. The van der Waals surface area contributed by atoms with Crippen molar-refractivity contribution in [3.8, 4) is 0 Å². The summed E-state index contributed by atoms with van der Waals surface area (Å²) in [6, 6.07) is 8.60. The molecule has 2 heterocycles. The van der Waals surface area contributed by atoms with Crippen molar-refractivity contribution in [3.05, 3.63) is 46.2 Å². The van der Waals surface area contributed by atoms with Crippen LogP contribution in [0.3, 0.4) is 0 Å². The van der Waals surface area contributed by atoms with Crippen LogP contribution >= 0.6 is 11.6 Å². The van der Waals surface area contributed by atoms with Crippen LogP contribution in [-0.4, -0.2) is 22.4 Å². The molecule has 0 fully saturated rings. The molecule has 4 nitrogen and oxygen atoms in total. The second kappa shape index (κ2) is 5.11. The first-order valence-corrected chi connectivity index (χ1v) is 7.20. The largest absolute Gasteiger partial charge is 0.364 e. The van der Waals surface area contributed by atoms with E-state index in [1.54, 1.807) is 0 Å². The lowest BCUT2D eigenvalue weighted by Crippen LogP contribution is -2.43. The Hall–Kier alpha value is -1.52. The molecule has 0 amide bonds. The minimum Gasteiger partial charge on any atom is -0.364 e. The number of fused-ring (bicyclic) bond motifs is 1. The highest BCUT2D eigenvalue weighted by Crippen LogP contribution is 2.29. The number of nitrogens with two attached hydrogens (primary N) is 1. The maximum atomic E-state index is 6.36. The average Bonchev–Trinajstić information content (AvgIpc) is 2.65. The van der Waals surface area contributed by atoms with Crippen molar-refractivity contribution < 1.29 is 0 Å². The average molecular weight is 291 g/mol. The maximum absolute atomic E-state index is 6.36. The molecular formula is C15H19ClN4. The zero-order valence-corrected chi connectivity index (χ0v) is 12.6. The minimum absolute atomic E-state index is 0.165. The molecule has 20 heavy (non-hydrogen) atoms. The van der Waals surface area contributed by atoms with Gasteiger partial charge in [0.15, 0.2) is 0 Å². The van der Waals surface area contributed by atoms with E-state index < -0.39 is 0 Å². The fourth-order valence-corrected chi connectivity index (χ4v) is 3.12. The second-order valence-electron chi connectivity index (χ2n) is 5.44. The Labute approximate surface area is 124 Å². The molecule has 1 aliphatic heterocycles. The van der Waals surface area contributed by atoms with E-state index in [2.05, 4.69) is 34.3 Å². The van der Waals surface area contributed by atoms with Gasteiger partial charge in [0.05, 0.1) is 23.0 Å². The van der Waals surface area contributed by atoms with Gasteiger partial charge in [0.1, 0.15) is 0 Å². The quantitative estimate of drug-likeness (QED) is 0.923. The summed E-state index contributed by atoms with van der Waals surface area (Å²) in [6.45, 7) is 3.51. The van der Waals surface area contributed by atoms with E-state index in [1.165, 1.54) is 11.3 Å². The first-order valence-electron chi connectivity index (χ1n) is 6.82. The Morgan fingerprint density at radius 1 is 1.40 bits per heavy atom. The molecule has 106 valence electrons. The fraction of sp³-hybridized carbons (Fsp3) is 0.400. The van der Waals surface area contributed by atoms with E-state index in [4.69, 9.17) is 17.3 Å². The number of anilines is 1. The summed E-state index contributed by atoms with van der Waals surface area (Å²) in [4.78, 5) is 2.30. The fourth-order valence-electron chi connectivity index (χ4n) is 2.90. The first-order chi connectivity index (χ1) is 9.56. The Kier molecular flexibility index (Phi) is 3.44. The zero-order valence-electron chi connectivity index (χ0n) is 11.8. The molecule has 3 rings (SSSR count). The van der Waals surface area contributed by atoms with Crippen molar-refractivity contribution in [1.82, 2.24) is 9.78 Å². The van der Waals surface area contributed by atoms with Gasteiger partial charge in [-0.2, -0.15) is 5.10 Å². The van der Waals surface area contributed by atoms with Crippen molar-refractivity contribution in [3.63, 3.8) is 0 Å². The number of nitrogens with zero attached hydrogens (tertiary/aromatic N) is 3. The van der Waals surface area contributed by atoms with Crippen LogP contribution in [0.2, 0.25) is 5.02 Å². The molecule has 0 bridgehead atoms. The highest BCUT2D eigenvalue weighted by atomic mass is 35.5. The number of para-hydroxylation sites is 1. The lowest BCUT2D eigenvalue weighted by molar-refractivity contribution is 0.583. The zero-order chi connectivity index (χ0) is 14.3. The van der Waals surface area contributed by atoms with Crippen molar-refractivity contribution in [1.29, 1.82) is 0 Å². The third-order valence-electron chi connectivity index (χ3n) is 3.87. The van der Waals surface area contributed by atoms with Crippen LogP contribution in [0.15, 0.2) is 24.3 Å². The minimum atomic E-state index is 0.165. The van der Waals surface area contributed by atoms with Crippen molar-refractivity contribution in [2.75, 3.05) is 11.4 Å². The molecule has 0 saturated heterocycles. The van der Waals surface area contributed by atoms with Crippen molar-refractivity contribution >= 4 is 17.3 Å². The Morgan fingerprint density at radius 3 is 2.85 bits per heavy atom. The predicted octanol–water partition coefficient (Wildman–Crippen LogP) is 2.27. The SMILES string of the molecule is Cc1nn(C)c(CN2CC(N)Cc3ccccc32)c1Cl. The van der Waals surface area contributed by atoms with Crippen LogP contribution in [0.4, 0.5) is 5.69 Å². The molecule has 1 unspecified atom stereocenters. The van der Waals surface area contributed by atoms with E-state index in [-0.39, 0.29) is 6.04 Å². The van der Waals surface area contributed by atoms with Gasteiger partial charge in [-0.05, 0) is 25.0 Å². The van der Waals surface area contributed by atoms with Crippen LogP contribution < -0.4 is 10.6 Å². The van der Waals surface area contributed by atoms with Crippen LogP contribution in [-0.2, 0) is 20.0 Å². The van der Waals surface area contributed by atoms with Gasteiger partial charge < -0.3 is 10.6 Å². The normalized spacial score (nSPS) is 18.2. The van der Waals surface area contributed by atoms with Gasteiger partial charge in [-0.1, -0.05) is 29.8 Å². The standard InChI is InChI=1S/C15H19ClN4/c1-10-15(16)14(19(2)18-10)9-20-8-12(17)7-11-5-3-4-6-13(11)20/h3-6,12H,7-9,17H2,1-2H3. The highest BCUT2D eigenvalue weighted by molar-refractivity contribution is 6.31. The lowest BCUT2D eigenvalue weighted by Gasteiger charge is -2.34. The maximum Gasteiger partial charge on any atom is 0.0865 e. The molecule has 0 aliphatic carbocycles. The number of hydrogen-bond donors (Lipinski definition) is 1. The molecule has 5 heteroatoms. The van der Waals surface area contributed by atoms with Crippen LogP contribution in [0.5, 0.6) is 0 Å². The third kappa shape index (κ3) is 2.30. The number of benzene rings is 1. The summed E-state index contributed by atoms with van der Waals surface area (Å²) in [7, 11) is 1.93. The van der Waals surface area contributed by atoms with E-state index in [9.17, 15) is 0 Å². The van der Waals surface area contributed by atoms with E-state index >= 15 is 0 Å². The van der Waals surface area contributed by atoms with Gasteiger partial charge in [-0.3, -0.25) is 4.68 Å². The highest BCUT2D eigenvalue weighted by Gasteiger charge is 2.23. The molecule has 2 aromatic rings. The summed E-state index contributed by atoms with van der Waals surface area (Å²) < 4.78 is 1.86. The molecule has 2 N–H and O–H groups in total. The van der Waals surface area contributed by atoms with Gasteiger partial charge >= 0.3 is 0 Å². The number of aromatic nitrogens is 2. The van der Waals surface area contributed by atoms with Gasteiger partial charge in [-0.15, -0.1) is 0 Å².